The van der Waals surface area contributed by atoms with Crippen molar-refractivity contribution in [2.45, 2.75) is 19.3 Å². The molecule has 0 heterocycles. The van der Waals surface area contributed by atoms with Crippen LogP contribution < -0.4 is 0 Å². The van der Waals surface area contributed by atoms with E-state index >= 15 is 0 Å². The van der Waals surface area contributed by atoms with Gasteiger partial charge in [0.15, 0.2) is 0 Å². The average Bonchev–Trinajstić information content (AvgIpc) is 2.60. The van der Waals surface area contributed by atoms with E-state index in [9.17, 15) is 0 Å². The molecule has 2 radical (unpaired) electrons. The smallest absolute Gasteiger partial charge is 0.0218 e. The van der Waals surface area contributed by atoms with Gasteiger partial charge in [0.05, 0.1) is 0 Å². The molecule has 3 aromatic carbocycles. The molecule has 0 heteroatoms. The van der Waals surface area contributed by atoms with Crippen molar-refractivity contribution in [3.8, 4) is 22.3 Å². The number of aryl methyl sites for hydroxylation is 2. The fourth-order valence-electron chi connectivity index (χ4n) is 3.88. The Morgan fingerprint density at radius 3 is 2.23 bits per heavy atom. The van der Waals surface area contributed by atoms with Crippen molar-refractivity contribution in [1.82, 2.24) is 0 Å². The van der Waals surface area contributed by atoms with Gasteiger partial charge in [-0.15, -0.1) is 0 Å². The van der Waals surface area contributed by atoms with E-state index in [0.29, 0.717) is 0 Å². The molecule has 3 aromatic rings. The summed E-state index contributed by atoms with van der Waals surface area (Å²) >= 11 is 0. The van der Waals surface area contributed by atoms with E-state index in [1.165, 1.54) is 44.5 Å². The normalized spacial score (nSPS) is 14.5. The molecule has 0 spiro atoms. The van der Waals surface area contributed by atoms with E-state index in [2.05, 4.69) is 67.1 Å². The minimum Gasteiger partial charge on any atom is -0.0620 e. The first kappa shape index (κ1) is 12.2. The predicted octanol–water partition coefficient (Wildman–Crippen LogP) is 5.10. The zero-order chi connectivity index (χ0) is 14.5. The molecule has 0 fully saturated rings. The lowest BCUT2D eigenvalue weighted by molar-refractivity contribution is 0.938. The molecule has 2 aliphatic carbocycles. The maximum absolute atomic E-state index is 3.55. The largest absolute Gasteiger partial charge is 0.0620 e. The van der Waals surface area contributed by atoms with E-state index in [4.69, 9.17) is 0 Å². The zero-order valence-corrected chi connectivity index (χ0v) is 12.4. The summed E-state index contributed by atoms with van der Waals surface area (Å²) in [6.07, 6.45) is 6.77. The molecule has 5 rings (SSSR count). The van der Waals surface area contributed by atoms with Gasteiger partial charge in [0.2, 0.25) is 0 Å². The van der Waals surface area contributed by atoms with E-state index in [-0.39, 0.29) is 0 Å². The Morgan fingerprint density at radius 1 is 0.591 bits per heavy atom. The molecular formula is C22H16. The quantitative estimate of drug-likeness (QED) is 0.537. The number of rotatable bonds is 0. The van der Waals surface area contributed by atoms with Gasteiger partial charge < -0.3 is 0 Å². The van der Waals surface area contributed by atoms with Crippen LogP contribution in [0.15, 0.2) is 60.7 Å². The third-order valence-electron chi connectivity index (χ3n) is 4.99. The van der Waals surface area contributed by atoms with Crippen molar-refractivity contribution in [3.63, 3.8) is 0 Å². The second-order valence-electron chi connectivity index (χ2n) is 6.22. The highest BCUT2D eigenvalue weighted by Crippen LogP contribution is 2.41. The summed E-state index contributed by atoms with van der Waals surface area (Å²) in [4.78, 5) is 0. The van der Waals surface area contributed by atoms with Crippen LogP contribution in [0.4, 0.5) is 0 Å². The molecule has 104 valence electrons. The lowest BCUT2D eigenvalue weighted by Gasteiger charge is -2.25. The van der Waals surface area contributed by atoms with Gasteiger partial charge in [0.25, 0.3) is 0 Å². The van der Waals surface area contributed by atoms with Gasteiger partial charge in [-0.05, 0) is 63.8 Å². The highest BCUT2D eigenvalue weighted by Gasteiger charge is 2.22. The predicted molar refractivity (Wildman–Crippen MR) is 90.8 cm³/mol. The van der Waals surface area contributed by atoms with E-state index < -0.39 is 0 Å². The van der Waals surface area contributed by atoms with E-state index in [1.54, 1.807) is 0 Å². The Labute approximate surface area is 131 Å². The average molecular weight is 280 g/mol. The van der Waals surface area contributed by atoms with Crippen LogP contribution in [0.3, 0.4) is 0 Å². The number of hydrogen-bond donors (Lipinski definition) is 0. The molecule has 0 bridgehead atoms. The van der Waals surface area contributed by atoms with Crippen molar-refractivity contribution in [3.05, 3.63) is 89.3 Å². The van der Waals surface area contributed by atoms with E-state index in [1.807, 2.05) is 0 Å². The number of fused-ring (bicyclic) bond motifs is 6. The minimum absolute atomic E-state index is 0.918. The Kier molecular flexibility index (Phi) is 2.54. The van der Waals surface area contributed by atoms with Crippen molar-refractivity contribution in [1.29, 1.82) is 0 Å². The second kappa shape index (κ2) is 4.58. The highest BCUT2D eigenvalue weighted by atomic mass is 14.3. The lowest BCUT2D eigenvalue weighted by Crippen LogP contribution is -2.08. The van der Waals surface area contributed by atoms with Gasteiger partial charge in [0.1, 0.15) is 0 Å². The summed E-state index contributed by atoms with van der Waals surface area (Å²) in [5.41, 5.74) is 11.2. The van der Waals surface area contributed by atoms with Gasteiger partial charge in [0, 0.05) is 6.42 Å². The van der Waals surface area contributed by atoms with Gasteiger partial charge in [-0.2, -0.15) is 0 Å². The van der Waals surface area contributed by atoms with Crippen LogP contribution in [0.1, 0.15) is 22.3 Å². The van der Waals surface area contributed by atoms with Gasteiger partial charge in [-0.25, -0.2) is 0 Å². The molecule has 0 nitrogen and oxygen atoms in total. The van der Waals surface area contributed by atoms with Crippen LogP contribution in [0.5, 0.6) is 0 Å². The SMILES string of the molecule is [C]1Cc2cc3c(cc2-c2ccccc21)CCc1ccccc1-3. The van der Waals surface area contributed by atoms with Gasteiger partial charge in [-0.1, -0.05) is 60.7 Å². The van der Waals surface area contributed by atoms with Crippen LogP contribution in [-0.4, -0.2) is 0 Å². The molecule has 0 amide bonds. The molecule has 0 atom stereocenters. The molecule has 0 saturated carbocycles. The summed E-state index contributed by atoms with van der Waals surface area (Å²) in [5.74, 6) is 0. The summed E-state index contributed by atoms with van der Waals surface area (Å²) in [6.45, 7) is 0. The van der Waals surface area contributed by atoms with Crippen LogP contribution in [0, 0.1) is 6.42 Å². The summed E-state index contributed by atoms with van der Waals surface area (Å²) < 4.78 is 0. The Hall–Kier alpha value is -2.34. The van der Waals surface area contributed by atoms with Crippen LogP contribution in [0.25, 0.3) is 22.3 Å². The van der Waals surface area contributed by atoms with Crippen LogP contribution in [0.2, 0.25) is 0 Å². The molecule has 0 aromatic heterocycles. The summed E-state index contributed by atoms with van der Waals surface area (Å²) in [6, 6.07) is 22.3. The molecule has 22 heavy (non-hydrogen) atoms. The van der Waals surface area contributed by atoms with Crippen LogP contribution >= 0.6 is 0 Å². The Bertz CT molecular complexity index is 811. The minimum atomic E-state index is 0.918. The first-order chi connectivity index (χ1) is 10.9. The standard InChI is InChI=1S/C22H16/c1-3-7-19-15(5-1)9-11-17-14-22-18(13-21(17)19)12-10-16-6-2-4-8-20(16)22/h1-8,13-14H,9,11-12H2. The molecule has 0 N–H and O–H groups in total. The highest BCUT2D eigenvalue weighted by molar-refractivity contribution is 5.82. The number of hydrogen-bond acceptors (Lipinski definition) is 0. The maximum atomic E-state index is 3.55. The summed E-state index contributed by atoms with van der Waals surface area (Å²) in [7, 11) is 0. The van der Waals surface area contributed by atoms with Crippen LogP contribution in [-0.2, 0) is 19.3 Å². The van der Waals surface area contributed by atoms with Crippen molar-refractivity contribution < 1.29 is 0 Å². The third kappa shape index (κ3) is 1.70. The zero-order valence-electron chi connectivity index (χ0n) is 12.4. The topological polar surface area (TPSA) is 0 Å². The first-order valence-corrected chi connectivity index (χ1v) is 7.97. The fraction of sp³-hybridized carbons (Fsp3) is 0.136. The maximum Gasteiger partial charge on any atom is 0.0218 e. The fourth-order valence-corrected chi connectivity index (χ4v) is 3.88. The molecule has 0 unspecified atom stereocenters. The molecular weight excluding hydrogens is 264 g/mol. The third-order valence-corrected chi connectivity index (χ3v) is 4.99. The Morgan fingerprint density at radius 2 is 1.27 bits per heavy atom. The lowest BCUT2D eigenvalue weighted by atomic mass is 9.78. The summed E-state index contributed by atoms with van der Waals surface area (Å²) in [5, 5.41) is 0. The molecule has 2 aliphatic rings. The van der Waals surface area contributed by atoms with Crippen molar-refractivity contribution >= 4 is 0 Å². The van der Waals surface area contributed by atoms with Gasteiger partial charge in [-0.3, -0.25) is 0 Å². The molecule has 0 aliphatic heterocycles. The van der Waals surface area contributed by atoms with Crippen molar-refractivity contribution in [2.24, 2.45) is 0 Å². The second-order valence-corrected chi connectivity index (χ2v) is 6.22. The first-order valence-electron chi connectivity index (χ1n) is 7.97. The van der Waals surface area contributed by atoms with Gasteiger partial charge >= 0.3 is 0 Å². The number of benzene rings is 3. The van der Waals surface area contributed by atoms with E-state index in [0.717, 1.165) is 19.3 Å². The Balaban J connectivity index is 1.76. The monoisotopic (exact) mass is 280 g/mol. The molecule has 0 saturated heterocycles. The van der Waals surface area contributed by atoms with Crippen molar-refractivity contribution in [2.75, 3.05) is 0 Å².